The fourth-order valence-corrected chi connectivity index (χ4v) is 2.52. The van der Waals surface area contributed by atoms with Crippen LogP contribution in [0.3, 0.4) is 0 Å². The van der Waals surface area contributed by atoms with Gasteiger partial charge in [0, 0.05) is 28.7 Å². The minimum atomic E-state index is 0.0540. The Hall–Kier alpha value is -1.77. The zero-order valence-electron chi connectivity index (χ0n) is 11.2. The van der Waals surface area contributed by atoms with E-state index >= 15 is 0 Å². The maximum absolute atomic E-state index is 11.8. The number of hydrogen-bond donors (Lipinski definition) is 1. The molecule has 0 unspecified atom stereocenters. The van der Waals surface area contributed by atoms with Gasteiger partial charge < -0.3 is 9.67 Å². The molecule has 0 aliphatic rings. The molecule has 0 saturated heterocycles. The third-order valence-electron chi connectivity index (χ3n) is 3.39. The number of carbonyl (C=O) groups excluding carboxylic acids is 1. The van der Waals surface area contributed by atoms with Crippen LogP contribution in [0.25, 0.3) is 10.9 Å². The Balaban J connectivity index is 2.70. The maximum Gasteiger partial charge on any atom is 0.162 e. The first-order chi connectivity index (χ1) is 8.56. The summed E-state index contributed by atoms with van der Waals surface area (Å²) in [4.78, 5) is 11.8. The zero-order chi connectivity index (χ0) is 13.3. The summed E-state index contributed by atoms with van der Waals surface area (Å²) in [6, 6.07) is 5.25. The molecular formula is C15H19NO2. The SMILES string of the molecule is CCCCn1c(C)c(C(C)=O)c2cc(O)ccc21. The lowest BCUT2D eigenvalue weighted by atomic mass is 10.1. The minimum Gasteiger partial charge on any atom is -0.508 e. The van der Waals surface area contributed by atoms with Crippen molar-refractivity contribution in [3.8, 4) is 5.75 Å². The van der Waals surface area contributed by atoms with Gasteiger partial charge in [-0.25, -0.2) is 0 Å². The topological polar surface area (TPSA) is 42.2 Å². The normalized spacial score (nSPS) is 11.1. The van der Waals surface area contributed by atoms with Gasteiger partial charge in [0.05, 0.1) is 0 Å². The monoisotopic (exact) mass is 245 g/mol. The third kappa shape index (κ3) is 2.01. The Morgan fingerprint density at radius 3 is 2.72 bits per heavy atom. The van der Waals surface area contributed by atoms with E-state index in [2.05, 4.69) is 11.5 Å². The second kappa shape index (κ2) is 4.84. The molecule has 0 bridgehead atoms. The van der Waals surface area contributed by atoms with Gasteiger partial charge in [-0.1, -0.05) is 13.3 Å². The lowest BCUT2D eigenvalue weighted by Crippen LogP contribution is -2.02. The predicted molar refractivity (Wildman–Crippen MR) is 73.3 cm³/mol. The summed E-state index contributed by atoms with van der Waals surface area (Å²) in [5, 5.41) is 10.4. The number of aromatic nitrogens is 1. The van der Waals surface area contributed by atoms with Crippen molar-refractivity contribution in [1.82, 2.24) is 4.57 Å². The van der Waals surface area contributed by atoms with Crippen molar-refractivity contribution in [2.24, 2.45) is 0 Å². The number of phenolic OH excluding ortho intramolecular Hbond substituents is 1. The molecule has 0 atom stereocenters. The van der Waals surface area contributed by atoms with Crippen LogP contribution >= 0.6 is 0 Å². The Morgan fingerprint density at radius 2 is 2.11 bits per heavy atom. The number of carbonyl (C=O) groups is 1. The third-order valence-corrected chi connectivity index (χ3v) is 3.39. The number of unbranched alkanes of at least 4 members (excludes halogenated alkanes) is 1. The summed E-state index contributed by atoms with van der Waals surface area (Å²) in [6.07, 6.45) is 2.20. The molecular weight excluding hydrogens is 226 g/mol. The van der Waals surface area contributed by atoms with Gasteiger partial charge in [0.2, 0.25) is 0 Å². The van der Waals surface area contributed by atoms with E-state index in [-0.39, 0.29) is 11.5 Å². The Kier molecular flexibility index (Phi) is 3.41. The number of Topliss-reactive ketones (excluding diaryl/α,β-unsaturated/α-hetero) is 1. The van der Waals surface area contributed by atoms with Crippen molar-refractivity contribution in [2.75, 3.05) is 0 Å². The molecule has 96 valence electrons. The highest BCUT2D eigenvalue weighted by atomic mass is 16.3. The first-order valence-corrected chi connectivity index (χ1v) is 6.39. The molecule has 18 heavy (non-hydrogen) atoms. The first-order valence-electron chi connectivity index (χ1n) is 6.39. The average molecular weight is 245 g/mol. The van der Waals surface area contributed by atoms with E-state index in [0.717, 1.165) is 41.5 Å². The summed E-state index contributed by atoms with van der Waals surface area (Å²) < 4.78 is 2.18. The zero-order valence-corrected chi connectivity index (χ0v) is 11.2. The fourth-order valence-electron chi connectivity index (χ4n) is 2.52. The smallest absolute Gasteiger partial charge is 0.162 e. The number of benzene rings is 1. The van der Waals surface area contributed by atoms with E-state index in [1.54, 1.807) is 19.1 Å². The van der Waals surface area contributed by atoms with E-state index in [9.17, 15) is 9.90 Å². The van der Waals surface area contributed by atoms with Crippen LogP contribution in [-0.2, 0) is 6.54 Å². The Morgan fingerprint density at radius 1 is 1.39 bits per heavy atom. The molecule has 0 saturated carbocycles. The van der Waals surface area contributed by atoms with Crippen LogP contribution in [0.15, 0.2) is 18.2 Å². The predicted octanol–water partition coefficient (Wildman–Crippen LogP) is 3.66. The van der Waals surface area contributed by atoms with Gasteiger partial charge in [0.1, 0.15) is 5.75 Å². The largest absolute Gasteiger partial charge is 0.508 e. The van der Waals surface area contributed by atoms with Crippen LogP contribution in [0, 0.1) is 6.92 Å². The number of nitrogens with zero attached hydrogens (tertiary/aromatic N) is 1. The molecule has 1 N–H and O–H groups in total. The summed E-state index contributed by atoms with van der Waals surface area (Å²) in [7, 11) is 0. The van der Waals surface area contributed by atoms with Gasteiger partial charge >= 0.3 is 0 Å². The number of hydrogen-bond acceptors (Lipinski definition) is 2. The van der Waals surface area contributed by atoms with Gasteiger partial charge in [-0.2, -0.15) is 0 Å². The summed E-state index contributed by atoms with van der Waals surface area (Å²) in [6.45, 7) is 6.62. The lowest BCUT2D eigenvalue weighted by molar-refractivity contribution is 0.101. The first kappa shape index (κ1) is 12.7. The highest BCUT2D eigenvalue weighted by Gasteiger charge is 2.17. The van der Waals surface area contributed by atoms with Crippen molar-refractivity contribution in [1.29, 1.82) is 0 Å². The van der Waals surface area contributed by atoms with Crippen LogP contribution in [0.2, 0.25) is 0 Å². The minimum absolute atomic E-state index is 0.0540. The van der Waals surface area contributed by atoms with E-state index in [0.29, 0.717) is 0 Å². The molecule has 1 heterocycles. The van der Waals surface area contributed by atoms with Crippen LogP contribution in [0.4, 0.5) is 0 Å². The molecule has 1 aromatic heterocycles. The number of rotatable bonds is 4. The molecule has 1 aromatic carbocycles. The van der Waals surface area contributed by atoms with E-state index in [4.69, 9.17) is 0 Å². The second-order valence-corrected chi connectivity index (χ2v) is 4.72. The fraction of sp³-hybridized carbons (Fsp3) is 0.400. The maximum atomic E-state index is 11.8. The molecule has 3 nitrogen and oxygen atoms in total. The average Bonchev–Trinajstić information content (AvgIpc) is 2.58. The van der Waals surface area contributed by atoms with Crippen molar-refractivity contribution >= 4 is 16.7 Å². The van der Waals surface area contributed by atoms with Gasteiger partial charge in [-0.05, 0) is 38.5 Å². The standard InChI is InChI=1S/C15H19NO2/c1-4-5-8-16-10(2)15(11(3)17)13-9-12(18)6-7-14(13)16/h6-7,9,18H,4-5,8H2,1-3H3. The summed E-state index contributed by atoms with van der Waals surface area (Å²) >= 11 is 0. The van der Waals surface area contributed by atoms with Crippen LogP contribution < -0.4 is 0 Å². The number of aromatic hydroxyl groups is 1. The molecule has 0 aliphatic carbocycles. The summed E-state index contributed by atoms with van der Waals surface area (Å²) in [5.41, 5.74) is 2.76. The molecule has 0 fully saturated rings. The summed E-state index contributed by atoms with van der Waals surface area (Å²) in [5.74, 6) is 0.260. The number of phenols is 1. The van der Waals surface area contributed by atoms with Crippen LogP contribution in [0.5, 0.6) is 5.75 Å². The molecule has 2 rings (SSSR count). The quantitative estimate of drug-likeness (QED) is 0.835. The number of fused-ring (bicyclic) bond motifs is 1. The highest BCUT2D eigenvalue weighted by Crippen LogP contribution is 2.29. The van der Waals surface area contributed by atoms with E-state index < -0.39 is 0 Å². The van der Waals surface area contributed by atoms with E-state index in [1.807, 2.05) is 13.0 Å². The van der Waals surface area contributed by atoms with Gasteiger partial charge in [0.25, 0.3) is 0 Å². The molecule has 0 spiro atoms. The van der Waals surface area contributed by atoms with Crippen molar-refractivity contribution in [3.05, 3.63) is 29.5 Å². The Labute approximate surface area is 107 Å². The molecule has 0 radical (unpaired) electrons. The van der Waals surface area contributed by atoms with Crippen LogP contribution in [0.1, 0.15) is 42.7 Å². The van der Waals surface area contributed by atoms with Crippen molar-refractivity contribution in [3.63, 3.8) is 0 Å². The highest BCUT2D eigenvalue weighted by molar-refractivity contribution is 6.08. The molecule has 0 aliphatic heterocycles. The van der Waals surface area contributed by atoms with Gasteiger partial charge in [0.15, 0.2) is 5.78 Å². The molecule has 0 amide bonds. The number of aryl methyl sites for hydroxylation is 1. The molecule has 2 aromatic rings. The number of ketones is 1. The van der Waals surface area contributed by atoms with Gasteiger partial charge in [-0.3, -0.25) is 4.79 Å². The van der Waals surface area contributed by atoms with E-state index in [1.165, 1.54) is 0 Å². The van der Waals surface area contributed by atoms with Crippen molar-refractivity contribution in [2.45, 2.75) is 40.2 Å². The van der Waals surface area contributed by atoms with Crippen molar-refractivity contribution < 1.29 is 9.90 Å². The second-order valence-electron chi connectivity index (χ2n) is 4.72. The van der Waals surface area contributed by atoms with Crippen LogP contribution in [-0.4, -0.2) is 15.5 Å². The Bertz CT molecular complexity index is 596. The van der Waals surface area contributed by atoms with Gasteiger partial charge in [-0.15, -0.1) is 0 Å². The lowest BCUT2D eigenvalue weighted by Gasteiger charge is -2.07. The molecule has 3 heteroatoms.